The van der Waals surface area contributed by atoms with Crippen LogP contribution in [0.1, 0.15) is 29.7 Å². The van der Waals surface area contributed by atoms with Crippen molar-refractivity contribution in [2.75, 3.05) is 5.32 Å². The van der Waals surface area contributed by atoms with Gasteiger partial charge in [-0.05, 0) is 55.7 Å². The molecule has 0 spiro atoms. The topological polar surface area (TPSA) is 70.2 Å². The van der Waals surface area contributed by atoms with E-state index in [1.165, 1.54) is 0 Å². The van der Waals surface area contributed by atoms with E-state index >= 15 is 0 Å². The molecule has 0 radical (unpaired) electrons. The Morgan fingerprint density at radius 2 is 1.77 bits per heavy atom. The summed E-state index contributed by atoms with van der Waals surface area (Å²) in [5, 5.41) is 8.51. The molecule has 134 valence electrons. The van der Waals surface area contributed by atoms with Crippen molar-refractivity contribution in [1.29, 1.82) is 0 Å². The summed E-state index contributed by atoms with van der Waals surface area (Å²) in [5.41, 5.74) is 4.69. The zero-order valence-corrected chi connectivity index (χ0v) is 16.4. The maximum atomic E-state index is 13.0. The fourth-order valence-electron chi connectivity index (χ4n) is 2.96. The summed E-state index contributed by atoms with van der Waals surface area (Å²) in [6.07, 6.45) is 0. The summed E-state index contributed by atoms with van der Waals surface area (Å²) in [7, 11) is 0. The molecule has 3 rings (SSSR count). The molecule has 5 nitrogen and oxygen atoms in total. The molecular formula is C20H20BrN3O2. The van der Waals surface area contributed by atoms with E-state index in [0.717, 1.165) is 26.9 Å². The number of amides is 3. The summed E-state index contributed by atoms with van der Waals surface area (Å²) in [5.74, 6) is -0.239. The Labute approximate surface area is 161 Å². The highest BCUT2D eigenvalue weighted by Crippen LogP contribution is 2.29. The predicted molar refractivity (Wildman–Crippen MR) is 106 cm³/mol. The van der Waals surface area contributed by atoms with Crippen LogP contribution in [0, 0.1) is 13.8 Å². The van der Waals surface area contributed by atoms with Gasteiger partial charge in [0.15, 0.2) is 0 Å². The van der Waals surface area contributed by atoms with Gasteiger partial charge in [-0.25, -0.2) is 4.79 Å². The Balaban J connectivity index is 1.96. The van der Waals surface area contributed by atoms with E-state index in [0.29, 0.717) is 11.3 Å². The number of nitrogens with one attached hydrogen (secondary N) is 3. The zero-order valence-electron chi connectivity index (χ0n) is 14.8. The Bertz CT molecular complexity index is 904. The van der Waals surface area contributed by atoms with Crippen LogP contribution < -0.4 is 16.0 Å². The molecule has 6 heteroatoms. The van der Waals surface area contributed by atoms with Crippen LogP contribution in [0.15, 0.2) is 58.2 Å². The van der Waals surface area contributed by atoms with Crippen LogP contribution >= 0.6 is 15.9 Å². The van der Waals surface area contributed by atoms with Gasteiger partial charge in [0, 0.05) is 15.9 Å². The molecule has 0 aliphatic carbocycles. The fraction of sp³-hybridized carbons (Fsp3) is 0.200. The van der Waals surface area contributed by atoms with Gasteiger partial charge in [-0.15, -0.1) is 0 Å². The van der Waals surface area contributed by atoms with E-state index in [2.05, 4.69) is 31.9 Å². The van der Waals surface area contributed by atoms with Crippen LogP contribution in [0.25, 0.3) is 0 Å². The molecule has 0 aromatic heterocycles. The first-order valence-corrected chi connectivity index (χ1v) is 9.07. The molecule has 3 N–H and O–H groups in total. The molecule has 1 aliphatic rings. The average molecular weight is 414 g/mol. The van der Waals surface area contributed by atoms with E-state index in [-0.39, 0.29) is 11.9 Å². The van der Waals surface area contributed by atoms with E-state index in [1.807, 2.05) is 56.3 Å². The Morgan fingerprint density at radius 1 is 1.08 bits per heavy atom. The summed E-state index contributed by atoms with van der Waals surface area (Å²) in [6, 6.07) is 12.6. The third-order valence-electron chi connectivity index (χ3n) is 4.36. The summed E-state index contributed by atoms with van der Waals surface area (Å²) < 4.78 is 0.934. The van der Waals surface area contributed by atoms with E-state index in [9.17, 15) is 9.59 Å². The highest BCUT2D eigenvalue weighted by molar-refractivity contribution is 9.10. The number of urea groups is 1. The number of carbonyl (C=O) groups is 2. The normalized spacial score (nSPS) is 16.8. The lowest BCUT2D eigenvalue weighted by molar-refractivity contribution is -0.113. The smallest absolute Gasteiger partial charge is 0.319 e. The summed E-state index contributed by atoms with van der Waals surface area (Å²) in [6.45, 7) is 5.67. The van der Waals surface area contributed by atoms with Gasteiger partial charge in [-0.2, -0.15) is 0 Å². The van der Waals surface area contributed by atoms with Gasteiger partial charge < -0.3 is 16.0 Å². The van der Waals surface area contributed by atoms with Crippen molar-refractivity contribution in [2.45, 2.75) is 26.8 Å². The number of carbonyl (C=O) groups excluding carboxylic acids is 2. The van der Waals surface area contributed by atoms with Crippen LogP contribution in [-0.4, -0.2) is 11.9 Å². The largest absolute Gasteiger partial charge is 0.327 e. The third kappa shape index (κ3) is 3.80. The second kappa shape index (κ2) is 7.33. The molecule has 0 fully saturated rings. The van der Waals surface area contributed by atoms with Crippen LogP contribution in [0.2, 0.25) is 0 Å². The van der Waals surface area contributed by atoms with Crippen LogP contribution in [0.3, 0.4) is 0 Å². The molecule has 0 bridgehead atoms. The second-order valence-corrected chi connectivity index (χ2v) is 7.31. The van der Waals surface area contributed by atoms with E-state index < -0.39 is 6.04 Å². The second-order valence-electron chi connectivity index (χ2n) is 6.39. The zero-order chi connectivity index (χ0) is 18.8. The molecule has 2 aromatic rings. The molecule has 1 heterocycles. The summed E-state index contributed by atoms with van der Waals surface area (Å²) >= 11 is 3.41. The number of rotatable bonds is 3. The first kappa shape index (κ1) is 18.2. The molecule has 0 saturated carbocycles. The lowest BCUT2D eigenvalue weighted by Gasteiger charge is -2.29. The van der Waals surface area contributed by atoms with Crippen molar-refractivity contribution < 1.29 is 9.59 Å². The maximum absolute atomic E-state index is 13.0. The minimum Gasteiger partial charge on any atom is -0.327 e. The Hall–Kier alpha value is -2.60. The number of anilines is 1. The van der Waals surface area contributed by atoms with Crippen molar-refractivity contribution >= 4 is 33.6 Å². The number of hydrogen-bond acceptors (Lipinski definition) is 2. The first-order chi connectivity index (χ1) is 12.3. The SMILES string of the molecule is CC1=C(C(=O)Nc2cc(C)ccc2C)[C@H](c2ccc(Br)cc2)NC(=O)N1. The highest BCUT2D eigenvalue weighted by atomic mass is 79.9. The lowest BCUT2D eigenvalue weighted by Crippen LogP contribution is -2.46. The van der Waals surface area contributed by atoms with Gasteiger partial charge in [-0.1, -0.05) is 40.2 Å². The van der Waals surface area contributed by atoms with Crippen molar-refractivity contribution in [2.24, 2.45) is 0 Å². The molecule has 1 atom stereocenters. The van der Waals surface area contributed by atoms with E-state index in [4.69, 9.17) is 0 Å². The number of halogens is 1. The van der Waals surface area contributed by atoms with Crippen molar-refractivity contribution in [1.82, 2.24) is 10.6 Å². The Morgan fingerprint density at radius 3 is 2.46 bits per heavy atom. The van der Waals surface area contributed by atoms with Gasteiger partial charge in [0.2, 0.25) is 0 Å². The number of benzene rings is 2. The molecule has 3 amide bonds. The molecule has 2 aromatic carbocycles. The number of aryl methyl sites for hydroxylation is 2. The highest BCUT2D eigenvalue weighted by Gasteiger charge is 2.31. The van der Waals surface area contributed by atoms with Gasteiger partial charge in [0.25, 0.3) is 5.91 Å². The predicted octanol–water partition coefficient (Wildman–Crippen LogP) is 4.33. The third-order valence-corrected chi connectivity index (χ3v) is 4.89. The first-order valence-electron chi connectivity index (χ1n) is 8.27. The van der Waals surface area contributed by atoms with Crippen LogP contribution in [0.5, 0.6) is 0 Å². The van der Waals surface area contributed by atoms with Crippen LogP contribution in [-0.2, 0) is 4.79 Å². The van der Waals surface area contributed by atoms with Gasteiger partial charge >= 0.3 is 6.03 Å². The number of allylic oxidation sites excluding steroid dienone is 1. The minimum atomic E-state index is -0.512. The van der Waals surface area contributed by atoms with Crippen LogP contribution in [0.4, 0.5) is 10.5 Å². The molecule has 0 unspecified atom stereocenters. The molecule has 1 aliphatic heterocycles. The lowest BCUT2D eigenvalue weighted by atomic mass is 9.94. The quantitative estimate of drug-likeness (QED) is 0.700. The van der Waals surface area contributed by atoms with Crippen molar-refractivity contribution in [3.05, 3.63) is 74.9 Å². The molecule has 0 saturated heterocycles. The average Bonchev–Trinajstić information content (AvgIpc) is 2.58. The number of hydrogen-bond donors (Lipinski definition) is 3. The van der Waals surface area contributed by atoms with Crippen molar-refractivity contribution in [3.8, 4) is 0 Å². The summed E-state index contributed by atoms with van der Waals surface area (Å²) in [4.78, 5) is 25.0. The van der Waals surface area contributed by atoms with E-state index in [1.54, 1.807) is 6.92 Å². The van der Waals surface area contributed by atoms with Crippen molar-refractivity contribution in [3.63, 3.8) is 0 Å². The monoisotopic (exact) mass is 413 g/mol. The van der Waals surface area contributed by atoms with Gasteiger partial charge in [0.1, 0.15) is 0 Å². The maximum Gasteiger partial charge on any atom is 0.319 e. The Kier molecular flexibility index (Phi) is 5.13. The molecule has 26 heavy (non-hydrogen) atoms. The van der Waals surface area contributed by atoms with Gasteiger partial charge in [0.05, 0.1) is 11.6 Å². The minimum absolute atomic E-state index is 0.239. The molecular weight excluding hydrogens is 394 g/mol. The standard InChI is InChI=1S/C20H20BrN3O2/c1-11-4-5-12(2)16(10-11)23-19(25)17-13(3)22-20(26)24-18(17)14-6-8-15(21)9-7-14/h4-10,18H,1-3H3,(H,23,25)(H2,22,24,26)/t18-/m0/s1. The van der Waals surface area contributed by atoms with Gasteiger partial charge in [-0.3, -0.25) is 4.79 Å². The fourth-order valence-corrected chi connectivity index (χ4v) is 3.22.